The third-order valence-corrected chi connectivity index (χ3v) is 4.48. The highest BCUT2D eigenvalue weighted by Gasteiger charge is 2.38. The van der Waals surface area contributed by atoms with E-state index in [-0.39, 0.29) is 24.6 Å². The molecular formula is C15H22ClF3N4O2. The lowest BCUT2D eigenvalue weighted by Gasteiger charge is -2.26. The SMILES string of the molecule is Cc1c(Cl)c(C(F)(F)F)nn1CCC(=O)NCCCN1CCOCC1. The first-order valence-electron chi connectivity index (χ1n) is 8.16. The van der Waals surface area contributed by atoms with Crippen LogP contribution in [0.1, 0.15) is 24.2 Å². The van der Waals surface area contributed by atoms with Crippen molar-refractivity contribution in [3.8, 4) is 0 Å². The van der Waals surface area contributed by atoms with E-state index < -0.39 is 16.9 Å². The van der Waals surface area contributed by atoms with E-state index in [0.29, 0.717) is 6.54 Å². The molecule has 1 fully saturated rings. The lowest BCUT2D eigenvalue weighted by molar-refractivity contribution is -0.141. The number of halogens is 4. The third kappa shape index (κ3) is 5.86. The molecule has 1 aromatic heterocycles. The summed E-state index contributed by atoms with van der Waals surface area (Å²) in [6.45, 7) is 6.18. The van der Waals surface area contributed by atoms with Gasteiger partial charge in [-0.05, 0) is 19.9 Å². The van der Waals surface area contributed by atoms with Gasteiger partial charge >= 0.3 is 6.18 Å². The minimum Gasteiger partial charge on any atom is -0.379 e. The predicted molar refractivity (Wildman–Crippen MR) is 86.5 cm³/mol. The molecule has 1 aromatic rings. The predicted octanol–water partition coefficient (Wildman–Crippen LogP) is 2.09. The highest BCUT2D eigenvalue weighted by molar-refractivity contribution is 6.31. The normalized spacial score (nSPS) is 16.2. The number of ether oxygens (including phenoxy) is 1. The number of carbonyl (C=O) groups is 1. The van der Waals surface area contributed by atoms with Crippen LogP contribution in [-0.2, 0) is 22.3 Å². The van der Waals surface area contributed by atoms with Crippen LogP contribution in [0.15, 0.2) is 0 Å². The summed E-state index contributed by atoms with van der Waals surface area (Å²) in [4.78, 5) is 14.1. The number of nitrogens with zero attached hydrogens (tertiary/aromatic N) is 3. The van der Waals surface area contributed by atoms with Crippen LogP contribution < -0.4 is 5.32 Å². The van der Waals surface area contributed by atoms with E-state index in [1.807, 2.05) is 0 Å². The summed E-state index contributed by atoms with van der Waals surface area (Å²) in [7, 11) is 0. The molecule has 142 valence electrons. The van der Waals surface area contributed by atoms with Crippen molar-refractivity contribution in [3.05, 3.63) is 16.4 Å². The molecule has 6 nitrogen and oxygen atoms in total. The summed E-state index contributed by atoms with van der Waals surface area (Å²) in [5, 5.41) is 5.82. The maximum Gasteiger partial charge on any atom is 0.436 e. The van der Waals surface area contributed by atoms with E-state index in [0.717, 1.165) is 44.0 Å². The molecule has 0 atom stereocenters. The smallest absolute Gasteiger partial charge is 0.379 e. The van der Waals surface area contributed by atoms with E-state index in [1.165, 1.54) is 6.92 Å². The average molecular weight is 383 g/mol. The number of aromatic nitrogens is 2. The molecule has 0 aromatic carbocycles. The molecule has 1 amide bonds. The summed E-state index contributed by atoms with van der Waals surface area (Å²) in [6, 6.07) is 0. The van der Waals surface area contributed by atoms with Gasteiger partial charge in [0.2, 0.25) is 5.91 Å². The van der Waals surface area contributed by atoms with Gasteiger partial charge in [0, 0.05) is 26.1 Å². The van der Waals surface area contributed by atoms with Crippen LogP contribution in [0.2, 0.25) is 5.02 Å². The maximum absolute atomic E-state index is 12.7. The van der Waals surface area contributed by atoms with Gasteiger partial charge in [0.1, 0.15) is 0 Å². The second-order valence-electron chi connectivity index (χ2n) is 5.88. The van der Waals surface area contributed by atoms with Gasteiger partial charge in [-0.3, -0.25) is 14.4 Å². The first kappa shape index (κ1) is 20.0. The van der Waals surface area contributed by atoms with E-state index in [4.69, 9.17) is 16.3 Å². The summed E-state index contributed by atoms with van der Waals surface area (Å²) in [5.74, 6) is -0.221. The van der Waals surface area contributed by atoms with Crippen molar-refractivity contribution in [2.75, 3.05) is 39.4 Å². The lowest BCUT2D eigenvalue weighted by Crippen LogP contribution is -2.38. The van der Waals surface area contributed by atoms with Crippen LogP contribution in [0, 0.1) is 6.92 Å². The second-order valence-corrected chi connectivity index (χ2v) is 6.25. The van der Waals surface area contributed by atoms with Gasteiger partial charge in [0.25, 0.3) is 0 Å². The molecule has 1 saturated heterocycles. The largest absolute Gasteiger partial charge is 0.436 e. The quantitative estimate of drug-likeness (QED) is 0.734. The minimum atomic E-state index is -4.60. The average Bonchev–Trinajstić information content (AvgIpc) is 2.86. The van der Waals surface area contributed by atoms with Crippen molar-refractivity contribution in [3.63, 3.8) is 0 Å². The van der Waals surface area contributed by atoms with E-state index in [1.54, 1.807) is 0 Å². The number of hydrogen-bond acceptors (Lipinski definition) is 4. The van der Waals surface area contributed by atoms with Gasteiger partial charge in [-0.2, -0.15) is 18.3 Å². The molecular weight excluding hydrogens is 361 g/mol. The molecule has 0 aliphatic carbocycles. The maximum atomic E-state index is 12.7. The number of hydrogen-bond donors (Lipinski definition) is 1. The first-order valence-corrected chi connectivity index (χ1v) is 8.53. The Morgan fingerprint density at radius 3 is 2.60 bits per heavy atom. The summed E-state index contributed by atoms with van der Waals surface area (Å²) in [5.41, 5.74) is -0.910. The van der Waals surface area contributed by atoms with Crippen LogP contribution in [0.3, 0.4) is 0 Å². The van der Waals surface area contributed by atoms with Crippen molar-refractivity contribution in [1.29, 1.82) is 0 Å². The van der Waals surface area contributed by atoms with E-state index >= 15 is 0 Å². The van der Waals surface area contributed by atoms with Gasteiger partial charge < -0.3 is 10.1 Å². The monoisotopic (exact) mass is 382 g/mol. The molecule has 10 heteroatoms. The third-order valence-electron chi connectivity index (χ3n) is 4.03. The van der Waals surface area contributed by atoms with Gasteiger partial charge in [0.05, 0.1) is 30.5 Å². The topological polar surface area (TPSA) is 59.4 Å². The minimum absolute atomic E-state index is 0.0493. The fourth-order valence-electron chi connectivity index (χ4n) is 2.57. The molecule has 0 spiro atoms. The highest BCUT2D eigenvalue weighted by Crippen LogP contribution is 2.35. The molecule has 2 rings (SSSR count). The molecule has 0 unspecified atom stereocenters. The van der Waals surface area contributed by atoms with Gasteiger partial charge in [-0.25, -0.2) is 0 Å². The van der Waals surface area contributed by atoms with Crippen LogP contribution in [-0.4, -0.2) is 60.0 Å². The Morgan fingerprint density at radius 2 is 2.00 bits per heavy atom. The van der Waals surface area contributed by atoms with Crippen molar-refractivity contribution in [2.24, 2.45) is 0 Å². The molecule has 1 aliphatic heterocycles. The van der Waals surface area contributed by atoms with Gasteiger partial charge in [-0.15, -0.1) is 0 Å². The van der Waals surface area contributed by atoms with Crippen LogP contribution in [0.5, 0.6) is 0 Å². The molecule has 25 heavy (non-hydrogen) atoms. The van der Waals surface area contributed by atoms with Crippen molar-refractivity contribution < 1.29 is 22.7 Å². The van der Waals surface area contributed by atoms with Crippen LogP contribution in [0.25, 0.3) is 0 Å². The van der Waals surface area contributed by atoms with Crippen LogP contribution in [0.4, 0.5) is 13.2 Å². The zero-order chi connectivity index (χ0) is 18.4. The Bertz CT molecular complexity index is 586. The highest BCUT2D eigenvalue weighted by atomic mass is 35.5. The van der Waals surface area contributed by atoms with Crippen LogP contribution >= 0.6 is 11.6 Å². The number of alkyl halides is 3. The van der Waals surface area contributed by atoms with Gasteiger partial charge in [0.15, 0.2) is 5.69 Å². The molecule has 1 N–H and O–H groups in total. The molecule has 2 heterocycles. The first-order chi connectivity index (χ1) is 11.8. The van der Waals surface area contributed by atoms with E-state index in [9.17, 15) is 18.0 Å². The second kappa shape index (κ2) is 8.86. The number of nitrogens with one attached hydrogen (secondary N) is 1. The Balaban J connectivity index is 1.71. The number of aryl methyl sites for hydroxylation is 1. The number of carbonyl (C=O) groups excluding carboxylic acids is 1. The molecule has 1 aliphatic rings. The number of morpholine rings is 1. The standard InChI is InChI=1S/C15H22ClF3N4O2/c1-11-13(16)14(15(17,18)19)21-23(11)6-3-12(24)20-4-2-5-22-7-9-25-10-8-22/h2-10H2,1H3,(H,20,24). The van der Waals surface area contributed by atoms with Crippen molar-refractivity contribution >= 4 is 17.5 Å². The number of amides is 1. The van der Waals surface area contributed by atoms with Crippen molar-refractivity contribution in [2.45, 2.75) is 32.5 Å². The summed E-state index contributed by atoms with van der Waals surface area (Å²) in [6.07, 6.45) is -3.74. The Labute approximate surface area is 149 Å². The zero-order valence-corrected chi connectivity index (χ0v) is 14.8. The fraction of sp³-hybridized carbons (Fsp3) is 0.733. The van der Waals surface area contributed by atoms with Gasteiger partial charge in [-0.1, -0.05) is 11.6 Å². The summed E-state index contributed by atoms with van der Waals surface area (Å²) < 4.78 is 44.6. The van der Waals surface area contributed by atoms with E-state index in [2.05, 4.69) is 15.3 Å². The molecule has 0 radical (unpaired) electrons. The fourth-order valence-corrected chi connectivity index (χ4v) is 2.82. The lowest BCUT2D eigenvalue weighted by atomic mass is 10.3. The number of rotatable bonds is 7. The zero-order valence-electron chi connectivity index (χ0n) is 14.0. The Hall–Kier alpha value is -1.32. The molecule has 0 saturated carbocycles. The molecule has 0 bridgehead atoms. The Morgan fingerprint density at radius 1 is 1.32 bits per heavy atom. The Kier molecular flexibility index (Phi) is 7.09. The summed E-state index contributed by atoms with van der Waals surface area (Å²) >= 11 is 5.67. The van der Waals surface area contributed by atoms with Crippen molar-refractivity contribution in [1.82, 2.24) is 20.0 Å².